The Morgan fingerprint density at radius 3 is 2.70 bits per heavy atom. The number of allylic oxidation sites excluding steroid dienone is 1. The predicted molar refractivity (Wildman–Crippen MR) is 179 cm³/mol. The number of fused-ring (bicyclic) bond motifs is 3. The maximum Gasteiger partial charge on any atom is 0.303 e. The summed E-state index contributed by atoms with van der Waals surface area (Å²) in [6.07, 6.45) is 8.69. The second-order valence-electron chi connectivity index (χ2n) is 12.8. The Bertz CT molecular complexity index is 1550. The highest BCUT2D eigenvalue weighted by Crippen LogP contribution is 2.42. The number of benzene rings is 2. The van der Waals surface area contributed by atoms with Gasteiger partial charge in [-0.1, -0.05) is 30.7 Å². The number of amides is 1. The van der Waals surface area contributed by atoms with E-state index in [0.717, 1.165) is 48.9 Å². The molecule has 0 unspecified atom stereocenters. The van der Waals surface area contributed by atoms with Gasteiger partial charge in [-0.05, 0) is 104 Å². The molecule has 0 saturated heterocycles. The second-order valence-corrected chi connectivity index (χ2v) is 15.1. The molecule has 11 heteroatoms. The Morgan fingerprint density at radius 1 is 1.13 bits per heavy atom. The Labute approximate surface area is 277 Å². The fraction of sp³-hybridized carbons (Fsp3) is 0.543. The van der Waals surface area contributed by atoms with Crippen molar-refractivity contribution in [3.05, 3.63) is 70.3 Å². The molecule has 0 spiro atoms. The average Bonchev–Trinajstić information content (AvgIpc) is 3.01. The summed E-state index contributed by atoms with van der Waals surface area (Å²) >= 11 is 6.33. The fourth-order valence-electron chi connectivity index (χ4n) is 6.90. The number of sulfonamides is 1. The van der Waals surface area contributed by atoms with Gasteiger partial charge in [0.1, 0.15) is 18.5 Å². The van der Waals surface area contributed by atoms with Crippen LogP contribution in [0, 0.1) is 17.8 Å². The molecule has 2 aromatic rings. The predicted octanol–water partition coefficient (Wildman–Crippen LogP) is 6.08. The minimum atomic E-state index is -4.07. The van der Waals surface area contributed by atoms with Crippen molar-refractivity contribution in [1.82, 2.24) is 4.72 Å². The normalized spacial score (nSPS) is 27.3. The molecule has 0 aromatic heterocycles. The quantitative estimate of drug-likeness (QED) is 0.307. The third-order valence-corrected chi connectivity index (χ3v) is 11.8. The number of hydrogen-bond donors (Lipinski definition) is 1. The van der Waals surface area contributed by atoms with E-state index in [-0.39, 0.29) is 42.3 Å². The van der Waals surface area contributed by atoms with Crippen LogP contribution in [0.4, 0.5) is 5.69 Å². The van der Waals surface area contributed by atoms with Crippen LogP contribution in [0.1, 0.15) is 73.9 Å². The number of ether oxygens (including phenoxy) is 3. The van der Waals surface area contributed by atoms with Gasteiger partial charge in [-0.25, -0.2) is 13.1 Å². The van der Waals surface area contributed by atoms with E-state index in [4.69, 9.17) is 25.8 Å². The number of esters is 1. The van der Waals surface area contributed by atoms with Crippen LogP contribution in [0.2, 0.25) is 5.02 Å². The third-order valence-electron chi connectivity index (χ3n) is 9.60. The zero-order valence-electron chi connectivity index (χ0n) is 26.9. The van der Waals surface area contributed by atoms with Crippen molar-refractivity contribution in [3.63, 3.8) is 0 Å². The van der Waals surface area contributed by atoms with Crippen LogP contribution in [-0.2, 0) is 37.3 Å². The molecule has 0 radical (unpaired) electrons. The van der Waals surface area contributed by atoms with Crippen molar-refractivity contribution >= 4 is 39.2 Å². The van der Waals surface area contributed by atoms with Crippen molar-refractivity contribution in [1.29, 1.82) is 0 Å². The summed E-state index contributed by atoms with van der Waals surface area (Å²) in [5, 5.41) is -0.178. The average molecular weight is 673 g/mol. The number of nitrogens with one attached hydrogen (secondary N) is 1. The van der Waals surface area contributed by atoms with Gasteiger partial charge in [-0.3, -0.25) is 9.59 Å². The molecule has 5 atom stereocenters. The number of carbonyl (C=O) groups is 2. The molecule has 5 rings (SSSR count). The molecule has 1 fully saturated rings. The van der Waals surface area contributed by atoms with Gasteiger partial charge in [0.25, 0.3) is 5.91 Å². The van der Waals surface area contributed by atoms with Crippen molar-refractivity contribution < 1.29 is 32.2 Å². The zero-order valence-corrected chi connectivity index (χ0v) is 28.4. The summed E-state index contributed by atoms with van der Waals surface area (Å²) in [4.78, 5) is 28.0. The van der Waals surface area contributed by atoms with Crippen molar-refractivity contribution in [2.45, 2.75) is 76.8 Å². The summed E-state index contributed by atoms with van der Waals surface area (Å²) in [5.41, 5.74) is 3.19. The van der Waals surface area contributed by atoms with E-state index in [1.165, 1.54) is 14.0 Å². The molecule has 1 aliphatic carbocycles. The first-order valence-electron chi connectivity index (χ1n) is 16.2. The second kappa shape index (κ2) is 15.2. The largest absolute Gasteiger partial charge is 0.487 e. The molecule has 250 valence electrons. The van der Waals surface area contributed by atoms with Crippen LogP contribution in [0.5, 0.6) is 5.75 Å². The van der Waals surface area contributed by atoms with Crippen molar-refractivity contribution in [2.75, 3.05) is 31.7 Å². The smallest absolute Gasteiger partial charge is 0.303 e. The van der Waals surface area contributed by atoms with E-state index < -0.39 is 27.3 Å². The molecule has 1 N–H and O–H groups in total. The number of nitrogens with zero attached hydrogens (tertiary/aromatic N) is 1. The lowest BCUT2D eigenvalue weighted by Gasteiger charge is -2.43. The first kappa shape index (κ1) is 34.3. The van der Waals surface area contributed by atoms with Crippen LogP contribution < -0.4 is 14.4 Å². The summed E-state index contributed by atoms with van der Waals surface area (Å²) in [6, 6.07) is 11.0. The van der Waals surface area contributed by atoms with Crippen LogP contribution in [0.3, 0.4) is 0 Å². The Morgan fingerprint density at radius 2 is 1.96 bits per heavy atom. The monoisotopic (exact) mass is 672 g/mol. The van der Waals surface area contributed by atoms with Crippen LogP contribution in [0.25, 0.3) is 0 Å². The molecule has 2 heterocycles. The Balaban J connectivity index is 1.56. The lowest BCUT2D eigenvalue weighted by atomic mass is 9.70. The van der Waals surface area contributed by atoms with E-state index in [2.05, 4.69) is 9.62 Å². The molecule has 3 aliphatic rings. The minimum Gasteiger partial charge on any atom is -0.487 e. The number of halogens is 1. The van der Waals surface area contributed by atoms with E-state index in [1.807, 2.05) is 37.3 Å². The highest BCUT2D eigenvalue weighted by Gasteiger charge is 2.39. The Hall–Kier alpha value is -3.08. The summed E-state index contributed by atoms with van der Waals surface area (Å²) in [6.45, 7) is 5.23. The van der Waals surface area contributed by atoms with Gasteiger partial charge in [0.05, 0.1) is 10.9 Å². The zero-order chi connectivity index (χ0) is 32.8. The molecular formula is C35H45ClN2O7S. The molecule has 9 nitrogen and oxygen atoms in total. The molecule has 1 saturated carbocycles. The topological polar surface area (TPSA) is 111 Å². The third kappa shape index (κ3) is 8.25. The number of hydrogen-bond acceptors (Lipinski definition) is 8. The maximum atomic E-state index is 13.7. The van der Waals surface area contributed by atoms with Gasteiger partial charge in [-0.2, -0.15) is 0 Å². The SMILES string of the molecule is COCC[C@@H]1[C@@H](C)C/C=C/[C@H](OC(C)=O)[C@@H]2CC[C@H]2CN2CCCCc3cc(Cl)ccc3COc3ccc(cc32)C(=O)NS1(=O)=O. The number of anilines is 1. The maximum absolute atomic E-state index is 13.7. The summed E-state index contributed by atoms with van der Waals surface area (Å²) in [7, 11) is -2.54. The number of methoxy groups -OCH3 is 1. The lowest BCUT2D eigenvalue weighted by Crippen LogP contribution is -2.45. The number of rotatable bonds is 4. The number of aryl methyl sites for hydroxylation is 1. The first-order valence-corrected chi connectivity index (χ1v) is 18.2. The summed E-state index contributed by atoms with van der Waals surface area (Å²) < 4.78 is 47.2. The van der Waals surface area contributed by atoms with Crippen LogP contribution in [0.15, 0.2) is 48.6 Å². The molecular weight excluding hydrogens is 628 g/mol. The van der Waals surface area contributed by atoms with E-state index >= 15 is 0 Å². The highest BCUT2D eigenvalue weighted by molar-refractivity contribution is 7.90. The van der Waals surface area contributed by atoms with E-state index in [0.29, 0.717) is 36.9 Å². The van der Waals surface area contributed by atoms with Gasteiger partial charge in [0.2, 0.25) is 10.0 Å². The highest BCUT2D eigenvalue weighted by atomic mass is 35.5. The molecule has 46 heavy (non-hydrogen) atoms. The summed E-state index contributed by atoms with van der Waals surface area (Å²) in [5.74, 6) is -0.358. The molecule has 2 aliphatic heterocycles. The van der Waals surface area contributed by atoms with Gasteiger partial charge in [0, 0.05) is 50.2 Å². The van der Waals surface area contributed by atoms with Crippen molar-refractivity contribution in [2.24, 2.45) is 17.8 Å². The van der Waals surface area contributed by atoms with Gasteiger partial charge in [0.15, 0.2) is 0 Å². The standard InChI is InChI=1S/C35H45ClN2O7S/c1-23-7-6-9-32(45-24(2)39)30-14-11-27(30)21-38-17-5-4-8-25-19-29(36)13-10-28(25)22-44-33-15-12-26(20-31(33)38)35(40)37-46(41,42)34(23)16-18-43-3/h6,9-10,12-13,15,19-20,23,27,30,32,34H,4-5,7-8,11,14,16-18,21-22H2,1-3H3,(H,37,40)/b9-6+/t23-,27-,30+,32-,34+/m0/s1. The first-order chi connectivity index (χ1) is 22.1. The van der Waals surface area contributed by atoms with E-state index in [9.17, 15) is 18.0 Å². The van der Waals surface area contributed by atoms with Gasteiger partial charge < -0.3 is 19.1 Å². The van der Waals surface area contributed by atoms with E-state index in [1.54, 1.807) is 18.2 Å². The van der Waals surface area contributed by atoms with Gasteiger partial charge in [-0.15, -0.1) is 0 Å². The molecule has 2 bridgehead atoms. The van der Waals surface area contributed by atoms with Crippen LogP contribution in [-0.4, -0.2) is 58.5 Å². The molecule has 1 amide bonds. The molecule has 2 aromatic carbocycles. The number of carbonyl (C=O) groups excluding carboxylic acids is 2. The fourth-order valence-corrected chi connectivity index (χ4v) is 8.75. The van der Waals surface area contributed by atoms with Crippen LogP contribution >= 0.6 is 11.6 Å². The minimum absolute atomic E-state index is 0.122. The van der Waals surface area contributed by atoms with Crippen molar-refractivity contribution in [3.8, 4) is 5.75 Å². The Kier molecular flexibility index (Phi) is 11.3. The lowest BCUT2D eigenvalue weighted by molar-refractivity contribution is -0.149. The van der Waals surface area contributed by atoms with Gasteiger partial charge >= 0.3 is 5.97 Å².